The fourth-order valence-corrected chi connectivity index (χ4v) is 3.62. The molecule has 1 unspecified atom stereocenters. The fraction of sp³-hybridized carbons (Fsp3) is 0.412. The summed E-state index contributed by atoms with van der Waals surface area (Å²) in [5, 5.41) is -0.0410. The average Bonchev–Trinajstić information content (AvgIpc) is 2.85. The van der Waals surface area contributed by atoms with E-state index in [0.29, 0.717) is 0 Å². The lowest BCUT2D eigenvalue weighted by atomic mass is 9.83. The first-order chi connectivity index (χ1) is 8.93. The molecule has 0 aliphatic heterocycles. The van der Waals surface area contributed by atoms with E-state index in [2.05, 4.69) is 64.1 Å². The van der Waals surface area contributed by atoms with E-state index in [1.54, 1.807) is 0 Å². The molecule has 102 valence electrons. The van der Waals surface area contributed by atoms with Crippen molar-refractivity contribution in [3.05, 3.63) is 57.3 Å². The topological polar surface area (TPSA) is 0 Å². The molecule has 0 saturated heterocycles. The molecular formula is C17H21ClS. The lowest BCUT2D eigenvalue weighted by molar-refractivity contribution is 0.583. The van der Waals surface area contributed by atoms with Gasteiger partial charge in [-0.2, -0.15) is 0 Å². The highest BCUT2D eigenvalue weighted by Crippen LogP contribution is 2.38. The van der Waals surface area contributed by atoms with E-state index in [4.69, 9.17) is 11.6 Å². The predicted molar refractivity (Wildman–Crippen MR) is 86.5 cm³/mol. The van der Waals surface area contributed by atoms with Crippen LogP contribution in [0.15, 0.2) is 36.4 Å². The minimum absolute atomic E-state index is 0.0410. The number of alkyl halides is 1. The van der Waals surface area contributed by atoms with Crippen molar-refractivity contribution in [3.63, 3.8) is 0 Å². The van der Waals surface area contributed by atoms with Crippen LogP contribution in [0.25, 0.3) is 0 Å². The molecule has 1 atom stereocenters. The Hall–Kier alpha value is -0.790. The van der Waals surface area contributed by atoms with Crippen LogP contribution in [0.2, 0.25) is 0 Å². The number of rotatable bonds is 3. The molecule has 0 spiro atoms. The first-order valence-corrected chi connectivity index (χ1v) is 8.01. The second kappa shape index (κ2) is 5.68. The smallest absolute Gasteiger partial charge is 0.0930 e. The van der Waals surface area contributed by atoms with E-state index in [1.165, 1.54) is 20.9 Å². The zero-order valence-corrected chi connectivity index (χ0v) is 13.6. The summed E-state index contributed by atoms with van der Waals surface area (Å²) < 4.78 is 0. The van der Waals surface area contributed by atoms with Gasteiger partial charge >= 0.3 is 0 Å². The first-order valence-electron chi connectivity index (χ1n) is 6.75. The SMILES string of the molecule is CCc1ccc(C(Cl)c2ccccc2C(C)(C)C)s1. The Balaban J connectivity index is 2.41. The number of hydrogen-bond acceptors (Lipinski definition) is 1. The maximum Gasteiger partial charge on any atom is 0.0930 e. The van der Waals surface area contributed by atoms with Crippen molar-refractivity contribution in [3.8, 4) is 0 Å². The normalized spacial score (nSPS) is 13.5. The molecule has 2 heteroatoms. The van der Waals surface area contributed by atoms with Gasteiger partial charge in [0.25, 0.3) is 0 Å². The van der Waals surface area contributed by atoms with E-state index in [9.17, 15) is 0 Å². The summed E-state index contributed by atoms with van der Waals surface area (Å²) in [4.78, 5) is 2.64. The second-order valence-electron chi connectivity index (χ2n) is 5.86. The number of aryl methyl sites for hydroxylation is 1. The van der Waals surface area contributed by atoms with Gasteiger partial charge < -0.3 is 0 Å². The Bertz CT molecular complexity index is 548. The second-order valence-corrected chi connectivity index (χ2v) is 7.49. The van der Waals surface area contributed by atoms with E-state index in [1.807, 2.05) is 11.3 Å². The van der Waals surface area contributed by atoms with Crippen molar-refractivity contribution in [2.24, 2.45) is 0 Å². The van der Waals surface area contributed by atoms with Gasteiger partial charge in [-0.1, -0.05) is 52.0 Å². The van der Waals surface area contributed by atoms with Crippen LogP contribution in [-0.4, -0.2) is 0 Å². The summed E-state index contributed by atoms with van der Waals surface area (Å²) in [5.74, 6) is 0. The Morgan fingerprint density at radius 3 is 2.37 bits per heavy atom. The molecule has 0 aliphatic rings. The highest BCUT2D eigenvalue weighted by Gasteiger charge is 2.23. The standard InChI is InChI=1S/C17H21ClS/c1-5-12-10-11-15(19-12)16(18)13-8-6-7-9-14(13)17(2,3)4/h6-11,16H,5H2,1-4H3. The van der Waals surface area contributed by atoms with Gasteiger partial charge in [0, 0.05) is 9.75 Å². The van der Waals surface area contributed by atoms with Gasteiger partial charge in [-0.05, 0) is 35.1 Å². The van der Waals surface area contributed by atoms with Crippen LogP contribution in [0, 0.1) is 0 Å². The lowest BCUT2D eigenvalue weighted by Crippen LogP contribution is -2.14. The molecule has 1 aromatic carbocycles. The molecule has 0 aliphatic carbocycles. The highest BCUT2D eigenvalue weighted by atomic mass is 35.5. The van der Waals surface area contributed by atoms with E-state index >= 15 is 0 Å². The molecule has 2 aromatic rings. The quantitative estimate of drug-likeness (QED) is 0.614. The number of benzene rings is 1. The maximum absolute atomic E-state index is 6.72. The van der Waals surface area contributed by atoms with Gasteiger partial charge in [0.15, 0.2) is 0 Å². The summed E-state index contributed by atoms with van der Waals surface area (Å²) in [6.07, 6.45) is 1.08. The zero-order chi connectivity index (χ0) is 14.0. The third-order valence-corrected chi connectivity index (χ3v) is 5.22. The zero-order valence-electron chi connectivity index (χ0n) is 12.0. The van der Waals surface area contributed by atoms with Crippen LogP contribution in [0.5, 0.6) is 0 Å². The minimum atomic E-state index is -0.0410. The summed E-state index contributed by atoms with van der Waals surface area (Å²) in [6, 6.07) is 12.9. The van der Waals surface area contributed by atoms with Crippen molar-refractivity contribution in [2.45, 2.75) is 44.9 Å². The largest absolute Gasteiger partial charge is 0.143 e. The number of halogens is 1. The number of hydrogen-bond donors (Lipinski definition) is 0. The van der Waals surface area contributed by atoms with Crippen molar-refractivity contribution >= 4 is 22.9 Å². The average molecular weight is 293 g/mol. The van der Waals surface area contributed by atoms with Crippen LogP contribution in [0.1, 0.15) is 54.0 Å². The van der Waals surface area contributed by atoms with Gasteiger partial charge in [0.2, 0.25) is 0 Å². The van der Waals surface area contributed by atoms with Crippen molar-refractivity contribution < 1.29 is 0 Å². The van der Waals surface area contributed by atoms with E-state index in [0.717, 1.165) is 6.42 Å². The molecular weight excluding hydrogens is 272 g/mol. The Labute approximate surface area is 125 Å². The van der Waals surface area contributed by atoms with E-state index < -0.39 is 0 Å². The molecule has 0 saturated carbocycles. The number of thiophene rings is 1. The molecule has 1 heterocycles. The van der Waals surface area contributed by atoms with Crippen LogP contribution < -0.4 is 0 Å². The highest BCUT2D eigenvalue weighted by molar-refractivity contribution is 7.12. The summed E-state index contributed by atoms with van der Waals surface area (Å²) in [7, 11) is 0. The van der Waals surface area contributed by atoms with Gasteiger partial charge in [0.1, 0.15) is 0 Å². The molecule has 19 heavy (non-hydrogen) atoms. The molecule has 2 rings (SSSR count). The summed E-state index contributed by atoms with van der Waals surface area (Å²) >= 11 is 8.55. The lowest BCUT2D eigenvalue weighted by Gasteiger charge is -2.24. The van der Waals surface area contributed by atoms with Crippen LogP contribution in [-0.2, 0) is 11.8 Å². The maximum atomic E-state index is 6.72. The van der Waals surface area contributed by atoms with Crippen molar-refractivity contribution in [1.29, 1.82) is 0 Å². The van der Waals surface area contributed by atoms with Gasteiger partial charge in [-0.25, -0.2) is 0 Å². The molecule has 0 bridgehead atoms. The third-order valence-electron chi connectivity index (χ3n) is 3.32. The van der Waals surface area contributed by atoms with Gasteiger partial charge in [-0.3, -0.25) is 0 Å². The molecule has 0 radical (unpaired) electrons. The molecule has 0 amide bonds. The molecule has 1 aromatic heterocycles. The molecule has 0 fully saturated rings. The van der Waals surface area contributed by atoms with Crippen molar-refractivity contribution in [1.82, 2.24) is 0 Å². The summed E-state index contributed by atoms with van der Waals surface area (Å²) in [6.45, 7) is 8.89. The van der Waals surface area contributed by atoms with Gasteiger partial charge in [0.05, 0.1) is 5.38 Å². The summed E-state index contributed by atoms with van der Waals surface area (Å²) in [5.41, 5.74) is 2.69. The Morgan fingerprint density at radius 2 is 1.79 bits per heavy atom. The van der Waals surface area contributed by atoms with Gasteiger partial charge in [-0.15, -0.1) is 22.9 Å². The Morgan fingerprint density at radius 1 is 1.11 bits per heavy atom. The Kier molecular flexibility index (Phi) is 4.37. The molecule has 0 nitrogen and oxygen atoms in total. The monoisotopic (exact) mass is 292 g/mol. The predicted octanol–water partition coefficient (Wildman–Crippen LogP) is 5.94. The third kappa shape index (κ3) is 3.21. The van der Waals surface area contributed by atoms with Crippen molar-refractivity contribution in [2.75, 3.05) is 0 Å². The fourth-order valence-electron chi connectivity index (χ4n) is 2.28. The molecule has 0 N–H and O–H groups in total. The minimum Gasteiger partial charge on any atom is -0.143 e. The first kappa shape index (κ1) is 14.6. The van der Waals surface area contributed by atoms with Crippen LogP contribution in [0.4, 0.5) is 0 Å². The van der Waals surface area contributed by atoms with Crippen LogP contribution in [0.3, 0.4) is 0 Å². The van der Waals surface area contributed by atoms with E-state index in [-0.39, 0.29) is 10.8 Å². The van der Waals surface area contributed by atoms with Crippen LogP contribution >= 0.6 is 22.9 Å².